The Balaban J connectivity index is 1.52. The molecule has 33 heavy (non-hydrogen) atoms. The fourth-order valence-corrected chi connectivity index (χ4v) is 3.70. The fourth-order valence-electron chi connectivity index (χ4n) is 2.59. The number of nitrogens with zero attached hydrogens (tertiary/aromatic N) is 1. The van der Waals surface area contributed by atoms with Gasteiger partial charge in [0.15, 0.2) is 0 Å². The molecule has 0 fully saturated rings. The summed E-state index contributed by atoms with van der Waals surface area (Å²) in [5.74, 6) is -0.904. The summed E-state index contributed by atoms with van der Waals surface area (Å²) < 4.78 is 32.0. The number of nitrogens with one attached hydrogen (secondary N) is 2. The Morgan fingerprint density at radius 1 is 1.03 bits per heavy atom. The van der Waals surface area contributed by atoms with Crippen LogP contribution in [0.1, 0.15) is 21.5 Å². The van der Waals surface area contributed by atoms with Crippen LogP contribution in [0.4, 0.5) is 0 Å². The first-order chi connectivity index (χ1) is 15.7. The highest BCUT2D eigenvalue weighted by molar-refractivity contribution is 7.89. The third-order valence-corrected chi connectivity index (χ3v) is 5.97. The molecule has 0 saturated heterocycles. The van der Waals surface area contributed by atoms with Crippen LogP contribution in [-0.2, 0) is 14.8 Å². The number of benzene rings is 3. The molecule has 3 aromatic carbocycles. The predicted octanol–water partition coefficient (Wildman–Crippen LogP) is 3.30. The monoisotopic (exact) mass is 485 g/mol. The molecule has 2 N–H and O–H groups in total. The van der Waals surface area contributed by atoms with Gasteiger partial charge >= 0.3 is 5.97 Å². The summed E-state index contributed by atoms with van der Waals surface area (Å²) in [5.41, 5.74) is 4.06. The van der Waals surface area contributed by atoms with Crippen molar-refractivity contribution < 1.29 is 22.7 Å². The third-order valence-electron chi connectivity index (χ3n) is 4.31. The van der Waals surface area contributed by atoms with Crippen molar-refractivity contribution in [2.45, 2.75) is 11.8 Å². The van der Waals surface area contributed by atoms with Gasteiger partial charge in [0.05, 0.1) is 23.2 Å². The molecule has 8 nitrogen and oxygen atoms in total. The molecular weight excluding hydrogens is 466 g/mol. The molecule has 3 rings (SSSR count). The van der Waals surface area contributed by atoms with Gasteiger partial charge in [0.25, 0.3) is 5.91 Å². The van der Waals surface area contributed by atoms with Crippen LogP contribution in [-0.4, -0.2) is 33.1 Å². The van der Waals surface area contributed by atoms with Crippen LogP contribution < -0.4 is 14.9 Å². The maximum Gasteiger partial charge on any atom is 0.343 e. The predicted molar refractivity (Wildman–Crippen MR) is 125 cm³/mol. The molecule has 0 unspecified atom stereocenters. The van der Waals surface area contributed by atoms with Crippen LogP contribution in [0.25, 0.3) is 0 Å². The zero-order chi connectivity index (χ0) is 23.8. The van der Waals surface area contributed by atoms with Crippen molar-refractivity contribution in [3.8, 4) is 5.75 Å². The van der Waals surface area contributed by atoms with Crippen LogP contribution in [0.2, 0.25) is 5.02 Å². The van der Waals surface area contributed by atoms with Crippen LogP contribution in [0, 0.1) is 6.92 Å². The summed E-state index contributed by atoms with van der Waals surface area (Å²) in [6.45, 7) is 1.36. The highest BCUT2D eigenvalue weighted by Crippen LogP contribution is 2.16. The minimum atomic E-state index is -3.81. The van der Waals surface area contributed by atoms with Crippen molar-refractivity contribution in [1.29, 1.82) is 0 Å². The van der Waals surface area contributed by atoms with Crippen molar-refractivity contribution in [2.75, 3.05) is 6.54 Å². The van der Waals surface area contributed by atoms with Gasteiger partial charge in [-0.15, -0.1) is 0 Å². The Kier molecular flexibility index (Phi) is 7.94. The van der Waals surface area contributed by atoms with Crippen LogP contribution in [0.15, 0.2) is 82.8 Å². The van der Waals surface area contributed by atoms with E-state index in [0.29, 0.717) is 16.1 Å². The average molecular weight is 486 g/mol. The van der Waals surface area contributed by atoms with E-state index in [4.69, 9.17) is 16.3 Å². The minimum Gasteiger partial charge on any atom is -0.423 e. The number of amides is 1. The zero-order valence-electron chi connectivity index (χ0n) is 17.5. The molecule has 0 aliphatic carbocycles. The summed E-state index contributed by atoms with van der Waals surface area (Å²) in [6.07, 6.45) is 1.34. The van der Waals surface area contributed by atoms with E-state index < -0.39 is 28.4 Å². The number of hydrazone groups is 1. The lowest BCUT2D eigenvalue weighted by Crippen LogP contribution is -2.34. The van der Waals surface area contributed by atoms with E-state index in [1.165, 1.54) is 18.3 Å². The van der Waals surface area contributed by atoms with E-state index in [-0.39, 0.29) is 10.6 Å². The molecule has 0 spiro atoms. The molecule has 170 valence electrons. The maximum atomic E-state index is 12.2. The van der Waals surface area contributed by atoms with Crippen molar-refractivity contribution >= 4 is 39.7 Å². The first-order valence-corrected chi connectivity index (χ1v) is 11.5. The molecule has 3 aromatic rings. The molecule has 0 atom stereocenters. The lowest BCUT2D eigenvalue weighted by molar-refractivity contribution is -0.119. The van der Waals surface area contributed by atoms with Gasteiger partial charge < -0.3 is 4.74 Å². The molecule has 0 aromatic heterocycles. The number of esters is 1. The first kappa shape index (κ1) is 24.1. The van der Waals surface area contributed by atoms with Crippen LogP contribution >= 0.6 is 11.6 Å². The summed E-state index contributed by atoms with van der Waals surface area (Å²) >= 11 is 5.81. The molecule has 10 heteroatoms. The van der Waals surface area contributed by atoms with E-state index in [2.05, 4.69) is 15.2 Å². The van der Waals surface area contributed by atoms with Crippen molar-refractivity contribution in [3.63, 3.8) is 0 Å². The fraction of sp³-hybridized carbons (Fsp3) is 0.0870. The Morgan fingerprint density at radius 2 is 1.73 bits per heavy atom. The maximum absolute atomic E-state index is 12.2. The lowest BCUT2D eigenvalue weighted by atomic mass is 10.2. The first-order valence-electron chi connectivity index (χ1n) is 9.69. The molecule has 0 bridgehead atoms. The number of ether oxygens (including phenoxy) is 1. The van der Waals surface area contributed by atoms with Gasteiger partial charge in [-0.3, -0.25) is 4.79 Å². The summed E-state index contributed by atoms with van der Waals surface area (Å²) in [5, 5.41) is 4.31. The normalized spacial score (nSPS) is 11.3. The number of carbonyl (C=O) groups is 2. The largest absolute Gasteiger partial charge is 0.423 e. The van der Waals surface area contributed by atoms with E-state index in [1.54, 1.807) is 60.7 Å². The average Bonchev–Trinajstić information content (AvgIpc) is 2.79. The molecular formula is C23H20ClN3O5S. The Morgan fingerprint density at radius 3 is 2.42 bits per heavy atom. The zero-order valence-corrected chi connectivity index (χ0v) is 19.1. The highest BCUT2D eigenvalue weighted by atomic mass is 35.5. The smallest absolute Gasteiger partial charge is 0.343 e. The van der Waals surface area contributed by atoms with Gasteiger partial charge in [-0.25, -0.2) is 23.4 Å². The second-order valence-corrected chi connectivity index (χ2v) is 9.10. The Labute approximate surface area is 196 Å². The molecule has 0 saturated carbocycles. The second-order valence-electron chi connectivity index (χ2n) is 6.90. The number of hydrogen-bond acceptors (Lipinski definition) is 6. The van der Waals surface area contributed by atoms with E-state index in [9.17, 15) is 18.0 Å². The van der Waals surface area contributed by atoms with E-state index >= 15 is 0 Å². The van der Waals surface area contributed by atoms with Crippen molar-refractivity contribution in [1.82, 2.24) is 10.1 Å². The summed E-state index contributed by atoms with van der Waals surface area (Å²) in [6, 6.07) is 19.0. The van der Waals surface area contributed by atoms with Crippen molar-refractivity contribution in [3.05, 3.63) is 94.5 Å². The molecule has 0 heterocycles. The van der Waals surface area contributed by atoms with E-state index in [1.807, 2.05) is 6.92 Å². The highest BCUT2D eigenvalue weighted by Gasteiger charge is 2.15. The van der Waals surface area contributed by atoms with Gasteiger partial charge in [-0.2, -0.15) is 5.10 Å². The number of hydrogen-bond donors (Lipinski definition) is 2. The summed E-state index contributed by atoms with van der Waals surface area (Å²) in [4.78, 5) is 24.2. The van der Waals surface area contributed by atoms with Gasteiger partial charge in [-0.05, 0) is 61.0 Å². The molecule has 1 amide bonds. The van der Waals surface area contributed by atoms with Gasteiger partial charge in [0.1, 0.15) is 5.75 Å². The number of aryl methyl sites for hydroxylation is 1. The quantitative estimate of drug-likeness (QED) is 0.220. The Bertz CT molecular complexity index is 1270. The van der Waals surface area contributed by atoms with Gasteiger partial charge in [-0.1, -0.05) is 41.4 Å². The van der Waals surface area contributed by atoms with Gasteiger partial charge in [0.2, 0.25) is 10.0 Å². The SMILES string of the molecule is Cc1ccc(S(=O)(=O)NCC(=O)NN=Cc2cccc(OC(=O)c3ccc(Cl)cc3)c2)cc1. The lowest BCUT2D eigenvalue weighted by Gasteiger charge is -2.06. The Hall–Kier alpha value is -3.53. The number of carbonyl (C=O) groups excluding carboxylic acids is 2. The topological polar surface area (TPSA) is 114 Å². The molecule has 0 aliphatic rings. The molecule has 0 radical (unpaired) electrons. The summed E-state index contributed by atoms with van der Waals surface area (Å²) in [7, 11) is -3.81. The number of halogens is 1. The van der Waals surface area contributed by atoms with Crippen molar-refractivity contribution in [2.24, 2.45) is 5.10 Å². The molecule has 0 aliphatic heterocycles. The van der Waals surface area contributed by atoms with E-state index in [0.717, 1.165) is 5.56 Å². The standard InChI is InChI=1S/C23H20ClN3O5S/c1-16-5-11-21(12-6-16)33(30,31)26-15-22(28)27-25-14-17-3-2-4-20(13-17)32-23(29)18-7-9-19(24)10-8-18/h2-14,26H,15H2,1H3,(H,27,28). The second kappa shape index (κ2) is 10.9. The number of sulfonamides is 1. The van der Waals surface area contributed by atoms with Crippen LogP contribution in [0.3, 0.4) is 0 Å². The third kappa shape index (κ3) is 7.25. The minimum absolute atomic E-state index is 0.0642. The van der Waals surface area contributed by atoms with Gasteiger partial charge in [0, 0.05) is 5.02 Å². The number of rotatable bonds is 8. The van der Waals surface area contributed by atoms with Crippen LogP contribution in [0.5, 0.6) is 5.75 Å².